The van der Waals surface area contributed by atoms with E-state index in [2.05, 4.69) is 25.5 Å². The Labute approximate surface area is 196 Å². The van der Waals surface area contributed by atoms with Gasteiger partial charge >= 0.3 is 0 Å². The Kier molecular flexibility index (Phi) is 4.66. The molecule has 1 saturated carbocycles. The first kappa shape index (κ1) is 20.8. The van der Waals surface area contributed by atoms with Crippen molar-refractivity contribution in [1.82, 2.24) is 29.1 Å². The number of aromatic amines is 1. The number of aromatic nitrogens is 6. The van der Waals surface area contributed by atoms with Crippen LogP contribution < -0.4 is 5.32 Å². The molecule has 2 atom stereocenters. The molecule has 1 fully saturated rings. The van der Waals surface area contributed by atoms with Crippen LogP contribution in [0, 0.1) is 18.7 Å². The number of halogens is 3. The van der Waals surface area contributed by atoms with Crippen molar-refractivity contribution < 1.29 is 13.6 Å². The number of nitrogens with zero attached hydrogens (tertiary/aromatic N) is 5. The average Bonchev–Trinajstić information content (AvgIpc) is 3.16. The smallest absolute Gasteiger partial charge is 0.231 e. The van der Waals surface area contributed by atoms with Gasteiger partial charge in [0.1, 0.15) is 12.0 Å². The number of anilines is 1. The number of hydrogen-bond acceptors (Lipinski definition) is 4. The molecule has 2 N–H and O–H groups in total. The van der Waals surface area contributed by atoms with Crippen molar-refractivity contribution in [3.63, 3.8) is 0 Å². The van der Waals surface area contributed by atoms with Crippen LogP contribution in [0.4, 0.5) is 14.6 Å². The SMILES string of the molecule is Cc1cccn1Cc1c(F)c(Cl)c(-c2cn3cc(NC(=O)[C@@H]4C[C@@H]4F)nc3cn2)c2cn[nH]c12. The molecule has 172 valence electrons. The number of amides is 1. The Bertz CT molecular complexity index is 1590. The van der Waals surface area contributed by atoms with Crippen molar-refractivity contribution in [1.29, 1.82) is 0 Å². The van der Waals surface area contributed by atoms with Crippen molar-refractivity contribution in [3.8, 4) is 11.3 Å². The largest absolute Gasteiger partial charge is 0.347 e. The van der Waals surface area contributed by atoms with Crippen LogP contribution in [0.25, 0.3) is 27.8 Å². The topological polar surface area (TPSA) is 92.9 Å². The third-order valence-electron chi connectivity index (χ3n) is 6.17. The van der Waals surface area contributed by atoms with Crippen LogP contribution in [-0.4, -0.2) is 41.2 Å². The first-order valence-corrected chi connectivity index (χ1v) is 11.0. The molecular formula is C23H18ClF2N7O. The molecule has 0 unspecified atom stereocenters. The number of benzene rings is 1. The van der Waals surface area contributed by atoms with Crippen LogP contribution in [-0.2, 0) is 11.3 Å². The molecule has 8 nitrogen and oxygen atoms in total. The van der Waals surface area contributed by atoms with Gasteiger partial charge in [0, 0.05) is 34.6 Å². The van der Waals surface area contributed by atoms with Gasteiger partial charge in [-0.2, -0.15) is 5.10 Å². The molecule has 0 radical (unpaired) electrons. The summed E-state index contributed by atoms with van der Waals surface area (Å²) in [5.74, 6) is -1.29. The number of hydrogen-bond donors (Lipinski definition) is 2. The molecule has 0 bridgehead atoms. The van der Waals surface area contributed by atoms with E-state index >= 15 is 4.39 Å². The van der Waals surface area contributed by atoms with Crippen LogP contribution in [0.2, 0.25) is 5.02 Å². The molecule has 1 aromatic carbocycles. The van der Waals surface area contributed by atoms with E-state index in [1.165, 1.54) is 6.20 Å². The maximum Gasteiger partial charge on any atom is 0.231 e. The van der Waals surface area contributed by atoms with Crippen LogP contribution in [0.3, 0.4) is 0 Å². The molecule has 11 heteroatoms. The van der Waals surface area contributed by atoms with E-state index in [0.717, 1.165) is 5.69 Å². The van der Waals surface area contributed by atoms with Gasteiger partial charge in [0.05, 0.1) is 47.3 Å². The van der Waals surface area contributed by atoms with Gasteiger partial charge in [-0.15, -0.1) is 0 Å². The summed E-state index contributed by atoms with van der Waals surface area (Å²) >= 11 is 6.55. The third kappa shape index (κ3) is 3.33. The third-order valence-corrected chi connectivity index (χ3v) is 6.53. The summed E-state index contributed by atoms with van der Waals surface area (Å²) in [4.78, 5) is 20.8. The first-order chi connectivity index (χ1) is 16.4. The van der Waals surface area contributed by atoms with Gasteiger partial charge in [-0.3, -0.25) is 14.9 Å². The predicted octanol–water partition coefficient (Wildman–Crippen LogP) is 4.52. The second-order valence-electron chi connectivity index (χ2n) is 8.43. The minimum absolute atomic E-state index is 0.0584. The molecule has 4 aromatic heterocycles. The summed E-state index contributed by atoms with van der Waals surface area (Å²) in [6.07, 6.45) is 7.35. The van der Waals surface area contributed by atoms with E-state index in [-0.39, 0.29) is 17.3 Å². The first-order valence-electron chi connectivity index (χ1n) is 10.7. The minimum Gasteiger partial charge on any atom is -0.347 e. The maximum atomic E-state index is 15.5. The van der Waals surface area contributed by atoms with Gasteiger partial charge in [-0.1, -0.05) is 11.6 Å². The molecule has 0 aliphatic heterocycles. The van der Waals surface area contributed by atoms with Gasteiger partial charge in [0.15, 0.2) is 11.5 Å². The van der Waals surface area contributed by atoms with Gasteiger partial charge in [0.25, 0.3) is 0 Å². The summed E-state index contributed by atoms with van der Waals surface area (Å²) in [7, 11) is 0. The summed E-state index contributed by atoms with van der Waals surface area (Å²) in [5.41, 5.74) is 3.21. The van der Waals surface area contributed by atoms with Crippen LogP contribution in [0.5, 0.6) is 0 Å². The monoisotopic (exact) mass is 481 g/mol. The van der Waals surface area contributed by atoms with E-state index in [1.54, 1.807) is 23.0 Å². The number of rotatable bonds is 5. The summed E-state index contributed by atoms with van der Waals surface area (Å²) in [6.45, 7) is 2.24. The number of carbonyl (C=O) groups is 1. The van der Waals surface area contributed by atoms with Crippen molar-refractivity contribution >= 4 is 39.9 Å². The lowest BCUT2D eigenvalue weighted by Gasteiger charge is -2.13. The average molecular weight is 482 g/mol. The molecule has 1 aliphatic rings. The number of alkyl halides is 1. The molecule has 1 amide bonds. The standard InChI is InChI=1S/C23H18ClF2N7O/c1-11-3-2-4-32(11)8-14-21(26)20(24)19(13-6-28-31-22(13)14)16-9-33-10-17(29-18(33)7-27-16)30-23(34)12-5-15(12)25/h2-4,6-7,9-10,12,15H,5,8H2,1H3,(H,28,31)(H,30,34)/t12-,15+/m1/s1. The van der Waals surface area contributed by atoms with Crippen molar-refractivity contribution in [2.75, 3.05) is 5.32 Å². The van der Waals surface area contributed by atoms with Crippen molar-refractivity contribution in [2.24, 2.45) is 5.92 Å². The van der Waals surface area contributed by atoms with E-state index in [0.29, 0.717) is 39.9 Å². The van der Waals surface area contributed by atoms with Crippen LogP contribution in [0.15, 0.2) is 43.1 Å². The number of nitrogens with one attached hydrogen (secondary N) is 2. The highest BCUT2D eigenvalue weighted by molar-refractivity contribution is 6.35. The Hall–Kier alpha value is -3.79. The Balaban J connectivity index is 1.41. The molecule has 34 heavy (non-hydrogen) atoms. The molecule has 0 spiro atoms. The zero-order valence-corrected chi connectivity index (χ0v) is 18.6. The Morgan fingerprint density at radius 3 is 2.91 bits per heavy atom. The Morgan fingerprint density at radius 1 is 1.35 bits per heavy atom. The maximum absolute atomic E-state index is 15.5. The molecule has 5 aromatic rings. The number of imidazole rings is 1. The van der Waals surface area contributed by atoms with Gasteiger partial charge < -0.3 is 14.3 Å². The quantitative estimate of drug-likeness (QED) is 0.386. The second kappa shape index (κ2) is 7.63. The molecular weight excluding hydrogens is 464 g/mol. The second-order valence-corrected chi connectivity index (χ2v) is 8.81. The lowest BCUT2D eigenvalue weighted by atomic mass is 10.0. The minimum atomic E-state index is -1.09. The lowest BCUT2D eigenvalue weighted by Crippen LogP contribution is -2.15. The number of fused-ring (bicyclic) bond motifs is 2. The Morgan fingerprint density at radius 2 is 2.18 bits per heavy atom. The zero-order valence-electron chi connectivity index (χ0n) is 17.9. The van der Waals surface area contributed by atoms with Crippen molar-refractivity contribution in [2.45, 2.75) is 26.1 Å². The van der Waals surface area contributed by atoms with Crippen LogP contribution >= 0.6 is 11.6 Å². The zero-order chi connectivity index (χ0) is 23.6. The summed E-state index contributed by atoms with van der Waals surface area (Å²) in [5, 5.41) is 10.2. The highest BCUT2D eigenvalue weighted by Crippen LogP contribution is 2.39. The fourth-order valence-corrected chi connectivity index (χ4v) is 4.48. The predicted molar refractivity (Wildman–Crippen MR) is 123 cm³/mol. The van der Waals surface area contributed by atoms with Crippen molar-refractivity contribution in [3.05, 3.63) is 65.2 Å². The summed E-state index contributed by atoms with van der Waals surface area (Å²) in [6, 6.07) is 3.84. The van der Waals surface area contributed by atoms with E-state index in [1.807, 2.05) is 29.8 Å². The summed E-state index contributed by atoms with van der Waals surface area (Å²) < 4.78 is 32.3. The lowest BCUT2D eigenvalue weighted by molar-refractivity contribution is -0.117. The number of carbonyl (C=O) groups excluding carboxylic acids is 1. The number of H-pyrrole nitrogens is 1. The molecule has 0 saturated heterocycles. The highest BCUT2D eigenvalue weighted by atomic mass is 35.5. The normalized spacial score (nSPS) is 17.5. The van der Waals surface area contributed by atoms with Gasteiger partial charge in [0.2, 0.25) is 5.91 Å². The highest BCUT2D eigenvalue weighted by Gasteiger charge is 2.43. The van der Waals surface area contributed by atoms with Crippen LogP contribution in [0.1, 0.15) is 17.7 Å². The molecule has 6 rings (SSSR count). The molecule has 4 heterocycles. The van der Waals surface area contributed by atoms with E-state index in [4.69, 9.17) is 11.6 Å². The fourth-order valence-electron chi connectivity index (χ4n) is 4.16. The van der Waals surface area contributed by atoms with Gasteiger partial charge in [-0.25, -0.2) is 13.8 Å². The fraction of sp³-hybridized carbons (Fsp3) is 0.217. The molecule has 1 aliphatic carbocycles. The van der Waals surface area contributed by atoms with E-state index in [9.17, 15) is 9.18 Å². The number of aryl methyl sites for hydroxylation is 1. The van der Waals surface area contributed by atoms with E-state index < -0.39 is 23.8 Å². The van der Waals surface area contributed by atoms with Gasteiger partial charge in [-0.05, 0) is 25.5 Å².